The molecule has 0 radical (unpaired) electrons. The molecule has 0 fully saturated rings. The molecule has 0 bridgehead atoms. The zero-order valence-corrected chi connectivity index (χ0v) is 27.5. The average molecular weight is 655 g/mol. The Bertz CT molecular complexity index is 2200. The lowest BCUT2D eigenvalue weighted by atomic mass is 10.1. The number of fused-ring (bicyclic) bond motifs is 2. The maximum atomic E-state index is 13.0. The fraction of sp³-hybridized carbons (Fsp3) is 0.189. The summed E-state index contributed by atoms with van der Waals surface area (Å²) >= 11 is 0. The average Bonchev–Trinajstić information content (AvgIpc) is 3.13. The quantitative estimate of drug-likeness (QED) is 0.160. The molecule has 0 saturated heterocycles. The van der Waals surface area contributed by atoms with Crippen LogP contribution in [0.3, 0.4) is 0 Å². The number of hydrogen-bond donors (Lipinski definition) is 0. The molecule has 0 aliphatic carbocycles. The van der Waals surface area contributed by atoms with Gasteiger partial charge in [0.15, 0.2) is 33.7 Å². The lowest BCUT2D eigenvalue weighted by molar-refractivity contribution is 0.307. The molecule has 11 nitrogen and oxygen atoms in total. The van der Waals surface area contributed by atoms with Crippen LogP contribution in [0.15, 0.2) is 97.3 Å². The minimum atomic E-state index is -0.327. The van der Waals surface area contributed by atoms with Gasteiger partial charge in [-0.3, -0.25) is 9.59 Å². The zero-order valence-electron chi connectivity index (χ0n) is 27.5. The predicted octanol–water partition coefficient (Wildman–Crippen LogP) is 6.98. The third-order valence-corrected chi connectivity index (χ3v) is 7.49. The topological polar surface area (TPSA) is 125 Å². The van der Waals surface area contributed by atoms with E-state index in [4.69, 9.17) is 42.0 Å². The van der Waals surface area contributed by atoms with Crippen molar-refractivity contribution in [2.24, 2.45) is 0 Å². The van der Waals surface area contributed by atoms with Gasteiger partial charge in [0.2, 0.25) is 17.2 Å². The van der Waals surface area contributed by atoms with Crippen LogP contribution in [0.4, 0.5) is 0 Å². The molecule has 2 aromatic heterocycles. The second-order valence-electron chi connectivity index (χ2n) is 10.1. The number of rotatable bonds is 9. The van der Waals surface area contributed by atoms with Crippen LogP contribution in [-0.4, -0.2) is 49.8 Å². The van der Waals surface area contributed by atoms with E-state index in [1.54, 1.807) is 44.6 Å². The normalized spacial score (nSPS) is 10.6. The standard InChI is InChI=1S/C21H22O8.C16H12O3/c1-23-13-8-7-11(9-15(13)24-2)14-10-12(22)16-17(25-3)19(26-4)21(28-6)20(27-5)18(16)29-14;1-18-14-8-4-3-7-12(14)16-10-13(17)11-6-2-5-9-15(11)19-16/h7-10H,1-6H3;2-10H,1H3. The van der Waals surface area contributed by atoms with Crippen molar-refractivity contribution < 1.29 is 42.0 Å². The van der Waals surface area contributed by atoms with Gasteiger partial charge in [-0.15, -0.1) is 0 Å². The largest absolute Gasteiger partial charge is 0.496 e. The Labute approximate surface area is 275 Å². The van der Waals surface area contributed by atoms with Crippen LogP contribution >= 0.6 is 0 Å². The van der Waals surface area contributed by atoms with Gasteiger partial charge in [-0.2, -0.15) is 0 Å². The van der Waals surface area contributed by atoms with Crippen molar-refractivity contribution >= 4 is 21.9 Å². The number of para-hydroxylation sites is 2. The molecule has 6 aromatic rings. The van der Waals surface area contributed by atoms with E-state index >= 15 is 0 Å². The number of methoxy groups -OCH3 is 7. The molecule has 0 saturated carbocycles. The van der Waals surface area contributed by atoms with Crippen LogP contribution in [0.1, 0.15) is 0 Å². The van der Waals surface area contributed by atoms with E-state index in [0.29, 0.717) is 45.3 Å². The summed E-state index contributed by atoms with van der Waals surface area (Å²) in [7, 11) is 10.5. The van der Waals surface area contributed by atoms with E-state index in [9.17, 15) is 9.59 Å². The molecule has 48 heavy (non-hydrogen) atoms. The van der Waals surface area contributed by atoms with Crippen LogP contribution < -0.4 is 44.0 Å². The second-order valence-corrected chi connectivity index (χ2v) is 10.1. The van der Waals surface area contributed by atoms with Gasteiger partial charge >= 0.3 is 0 Å². The first-order valence-electron chi connectivity index (χ1n) is 14.6. The highest BCUT2D eigenvalue weighted by Crippen LogP contribution is 2.50. The summed E-state index contributed by atoms with van der Waals surface area (Å²) in [5.74, 6) is 3.50. The van der Waals surface area contributed by atoms with Crippen molar-refractivity contribution in [1.82, 2.24) is 0 Å². The molecule has 2 heterocycles. The summed E-state index contributed by atoms with van der Waals surface area (Å²) in [6, 6.07) is 22.7. The molecule has 11 heteroatoms. The van der Waals surface area contributed by atoms with E-state index in [2.05, 4.69) is 0 Å². The fourth-order valence-electron chi connectivity index (χ4n) is 5.26. The molecule has 0 aliphatic heterocycles. The SMILES string of the molecule is COc1ccc(-c2cc(=O)c3c(OC)c(OC)c(OC)c(OC)c3o2)cc1OC.COc1ccccc1-c1cc(=O)c2ccccc2o1. The molecule has 0 amide bonds. The first-order valence-corrected chi connectivity index (χ1v) is 14.6. The van der Waals surface area contributed by atoms with Gasteiger partial charge in [0.25, 0.3) is 0 Å². The molecule has 0 N–H and O–H groups in total. The Morgan fingerprint density at radius 3 is 1.75 bits per heavy atom. The molecule has 248 valence electrons. The van der Waals surface area contributed by atoms with Gasteiger partial charge < -0.3 is 42.0 Å². The summed E-state index contributed by atoms with van der Waals surface area (Å²) in [5, 5.41) is 0.771. The van der Waals surface area contributed by atoms with Gasteiger partial charge in [-0.1, -0.05) is 24.3 Å². The van der Waals surface area contributed by atoms with Crippen molar-refractivity contribution in [2.45, 2.75) is 0 Å². The van der Waals surface area contributed by atoms with Crippen LogP contribution in [0, 0.1) is 0 Å². The highest BCUT2D eigenvalue weighted by Gasteiger charge is 2.27. The van der Waals surface area contributed by atoms with Crippen molar-refractivity contribution in [3.05, 3.63) is 99.3 Å². The summed E-state index contributed by atoms with van der Waals surface area (Å²) in [4.78, 5) is 25.1. The van der Waals surface area contributed by atoms with E-state index in [1.165, 1.54) is 47.7 Å². The van der Waals surface area contributed by atoms with Crippen LogP contribution in [0.5, 0.6) is 40.2 Å². The summed E-state index contributed by atoms with van der Waals surface area (Å²) in [6.45, 7) is 0. The number of hydrogen-bond acceptors (Lipinski definition) is 11. The lowest BCUT2D eigenvalue weighted by Crippen LogP contribution is -2.07. The van der Waals surface area contributed by atoms with Crippen LogP contribution in [-0.2, 0) is 0 Å². The third-order valence-electron chi connectivity index (χ3n) is 7.49. The minimum Gasteiger partial charge on any atom is -0.496 e. The number of ether oxygens (including phenoxy) is 7. The minimum absolute atomic E-state index is 0.0530. The Balaban J connectivity index is 0.000000204. The third kappa shape index (κ3) is 6.17. The Morgan fingerprint density at radius 2 is 1.08 bits per heavy atom. The maximum absolute atomic E-state index is 13.0. The van der Waals surface area contributed by atoms with Gasteiger partial charge in [-0.05, 0) is 42.5 Å². The Hall–Kier alpha value is -6.10. The molecule has 0 aliphatic rings. The molecule has 6 rings (SSSR count). The monoisotopic (exact) mass is 654 g/mol. The molecule has 0 atom stereocenters. The van der Waals surface area contributed by atoms with Crippen molar-refractivity contribution in [1.29, 1.82) is 0 Å². The van der Waals surface area contributed by atoms with Gasteiger partial charge in [0.1, 0.15) is 28.2 Å². The van der Waals surface area contributed by atoms with Gasteiger partial charge in [-0.25, -0.2) is 0 Å². The zero-order chi connectivity index (χ0) is 34.4. The first-order chi connectivity index (χ1) is 23.3. The van der Waals surface area contributed by atoms with E-state index in [1.807, 2.05) is 36.4 Å². The highest BCUT2D eigenvalue weighted by atomic mass is 16.5. The molecule has 0 unspecified atom stereocenters. The fourth-order valence-corrected chi connectivity index (χ4v) is 5.26. The van der Waals surface area contributed by atoms with Crippen LogP contribution in [0.25, 0.3) is 44.6 Å². The number of benzene rings is 4. The maximum Gasteiger partial charge on any atom is 0.211 e. The predicted molar refractivity (Wildman–Crippen MR) is 182 cm³/mol. The highest BCUT2D eigenvalue weighted by molar-refractivity contribution is 5.95. The van der Waals surface area contributed by atoms with Gasteiger partial charge in [0, 0.05) is 17.7 Å². The van der Waals surface area contributed by atoms with Crippen molar-refractivity contribution in [3.8, 4) is 62.9 Å². The second kappa shape index (κ2) is 14.5. The Morgan fingerprint density at radius 1 is 0.479 bits per heavy atom. The van der Waals surface area contributed by atoms with Crippen molar-refractivity contribution in [3.63, 3.8) is 0 Å². The molecule has 0 spiro atoms. The Kier molecular flexibility index (Phi) is 10.1. The molecule has 4 aromatic carbocycles. The van der Waals surface area contributed by atoms with E-state index < -0.39 is 0 Å². The molecular weight excluding hydrogens is 620 g/mol. The summed E-state index contributed by atoms with van der Waals surface area (Å²) in [5.41, 5.74) is 1.77. The first kappa shape index (κ1) is 33.3. The summed E-state index contributed by atoms with van der Waals surface area (Å²) in [6.07, 6.45) is 0. The molecular formula is C37H34O11. The smallest absolute Gasteiger partial charge is 0.211 e. The van der Waals surface area contributed by atoms with Gasteiger partial charge in [0.05, 0.1) is 60.7 Å². The summed E-state index contributed by atoms with van der Waals surface area (Å²) < 4.78 is 49.5. The van der Waals surface area contributed by atoms with Crippen LogP contribution in [0.2, 0.25) is 0 Å². The van der Waals surface area contributed by atoms with E-state index in [0.717, 1.165) is 5.56 Å². The van der Waals surface area contributed by atoms with E-state index in [-0.39, 0.29) is 44.8 Å². The lowest BCUT2D eigenvalue weighted by Gasteiger charge is -2.18. The van der Waals surface area contributed by atoms with Crippen molar-refractivity contribution in [2.75, 3.05) is 49.8 Å².